The zero-order valence-corrected chi connectivity index (χ0v) is 17.1. The largest absolute Gasteiger partial charge is 0.489 e. The summed E-state index contributed by atoms with van der Waals surface area (Å²) in [4.78, 5) is 20.6. The number of aromatic nitrogens is 2. The number of hydrogen-bond donors (Lipinski definition) is 2. The Bertz CT molecular complexity index is 1160. The molecule has 0 amide bonds. The van der Waals surface area contributed by atoms with Crippen molar-refractivity contribution in [1.82, 2.24) is 15.3 Å². The molecule has 0 saturated carbocycles. The van der Waals surface area contributed by atoms with Crippen molar-refractivity contribution in [2.24, 2.45) is 0 Å². The van der Waals surface area contributed by atoms with Gasteiger partial charge in [-0.15, -0.1) is 11.8 Å². The number of aromatic amines is 1. The number of ether oxygens (including phenoxy) is 1. The third-order valence-electron chi connectivity index (χ3n) is 5.25. The topological polar surface area (TPSA) is 67.0 Å². The molecule has 0 aliphatic carbocycles. The molecule has 6 heteroatoms. The van der Waals surface area contributed by atoms with E-state index in [0.717, 1.165) is 33.5 Å². The average molecular weight is 416 g/mol. The van der Waals surface area contributed by atoms with Crippen LogP contribution >= 0.6 is 11.8 Å². The van der Waals surface area contributed by atoms with Crippen LogP contribution in [-0.2, 0) is 6.61 Å². The number of hydrogen-bond acceptors (Lipinski definition) is 5. The van der Waals surface area contributed by atoms with Gasteiger partial charge in [0, 0.05) is 40.8 Å². The Balaban J connectivity index is 1.33. The Morgan fingerprint density at radius 3 is 2.87 bits per heavy atom. The molecule has 1 saturated heterocycles. The number of H-pyrrole nitrogens is 1. The Labute approximate surface area is 178 Å². The van der Waals surface area contributed by atoms with E-state index in [2.05, 4.69) is 15.3 Å². The van der Waals surface area contributed by atoms with E-state index in [4.69, 9.17) is 4.74 Å². The van der Waals surface area contributed by atoms with Gasteiger partial charge in [-0.2, -0.15) is 0 Å². The summed E-state index contributed by atoms with van der Waals surface area (Å²) < 4.78 is 5.95. The van der Waals surface area contributed by atoms with Crippen LogP contribution in [0.25, 0.3) is 10.9 Å². The summed E-state index contributed by atoms with van der Waals surface area (Å²) in [6.07, 6.45) is 5.41. The Morgan fingerprint density at radius 2 is 2.03 bits per heavy atom. The second-order valence-electron chi connectivity index (χ2n) is 7.27. The molecule has 4 aromatic rings. The molecule has 0 unspecified atom stereocenters. The van der Waals surface area contributed by atoms with Crippen molar-refractivity contribution in [2.45, 2.75) is 18.0 Å². The second-order valence-corrected chi connectivity index (χ2v) is 8.41. The molecule has 30 heavy (non-hydrogen) atoms. The normalized spacial score (nSPS) is 18.5. The molecule has 1 aliphatic rings. The third kappa shape index (κ3) is 3.84. The number of carbonyl (C=O) groups excluding carboxylic acids is 1. The lowest BCUT2D eigenvalue weighted by atomic mass is 10.0. The van der Waals surface area contributed by atoms with Gasteiger partial charge in [0.05, 0.1) is 11.4 Å². The molecule has 0 spiro atoms. The fraction of sp³-hybridized carbons (Fsp3) is 0.167. The second kappa shape index (κ2) is 8.34. The van der Waals surface area contributed by atoms with Gasteiger partial charge in [-0.1, -0.05) is 36.4 Å². The smallest absolute Gasteiger partial charge is 0.182 e. The minimum Gasteiger partial charge on any atom is -0.489 e. The highest BCUT2D eigenvalue weighted by Crippen LogP contribution is 2.34. The number of rotatable bonds is 6. The van der Waals surface area contributed by atoms with Crippen LogP contribution < -0.4 is 10.1 Å². The maximum absolute atomic E-state index is 13.2. The number of pyridine rings is 1. The highest BCUT2D eigenvalue weighted by atomic mass is 32.2. The molecule has 5 nitrogen and oxygen atoms in total. The molecule has 5 rings (SSSR count). The van der Waals surface area contributed by atoms with E-state index >= 15 is 0 Å². The third-order valence-corrected chi connectivity index (χ3v) is 6.52. The SMILES string of the molecule is O=C(c1c[nH]c2ccc(OCc3ccccc3)cc12)[C@@H]1CS[C@H](c2cccnc2)N1. The number of benzene rings is 2. The lowest BCUT2D eigenvalue weighted by molar-refractivity contribution is 0.0957. The first-order valence-electron chi connectivity index (χ1n) is 9.87. The van der Waals surface area contributed by atoms with Gasteiger partial charge in [-0.3, -0.25) is 15.1 Å². The summed E-state index contributed by atoms with van der Waals surface area (Å²) in [5.41, 5.74) is 3.82. The number of Topliss-reactive ketones (excluding diaryl/α,β-unsaturated/α-hetero) is 1. The Morgan fingerprint density at radius 1 is 1.13 bits per heavy atom. The number of carbonyl (C=O) groups is 1. The van der Waals surface area contributed by atoms with E-state index in [9.17, 15) is 4.79 Å². The predicted octanol–water partition coefficient (Wildman–Crippen LogP) is 4.73. The summed E-state index contributed by atoms with van der Waals surface area (Å²) in [5, 5.41) is 4.43. The van der Waals surface area contributed by atoms with Crippen molar-refractivity contribution >= 4 is 28.4 Å². The molecule has 2 atom stereocenters. The number of fused-ring (bicyclic) bond motifs is 1. The molecule has 1 aliphatic heterocycles. The summed E-state index contributed by atoms with van der Waals surface area (Å²) in [5.74, 6) is 1.58. The molecule has 0 bridgehead atoms. The van der Waals surface area contributed by atoms with Gasteiger partial charge in [0.2, 0.25) is 0 Å². The fourth-order valence-corrected chi connectivity index (χ4v) is 4.89. The van der Waals surface area contributed by atoms with E-state index in [1.807, 2.05) is 66.9 Å². The molecule has 2 N–H and O–H groups in total. The molecule has 150 valence electrons. The summed E-state index contributed by atoms with van der Waals surface area (Å²) in [6.45, 7) is 0.494. The van der Waals surface area contributed by atoms with Crippen molar-refractivity contribution in [2.75, 3.05) is 5.75 Å². The van der Waals surface area contributed by atoms with Crippen LogP contribution in [0.15, 0.2) is 79.3 Å². The standard InChI is InChI=1S/C24H21N3O2S/c28-23(22-15-30-24(27-22)17-7-4-10-25-12-17)20-13-26-21-9-8-18(11-19(20)21)29-14-16-5-2-1-3-6-16/h1-13,22,24,26-27H,14-15H2/t22-,24+/m0/s1. The quantitative estimate of drug-likeness (QED) is 0.446. The number of thioether (sulfide) groups is 1. The summed E-state index contributed by atoms with van der Waals surface area (Å²) in [6, 6.07) is 19.6. The molecule has 1 fully saturated rings. The van der Waals surface area contributed by atoms with E-state index in [0.29, 0.717) is 12.2 Å². The van der Waals surface area contributed by atoms with Gasteiger partial charge in [-0.25, -0.2) is 0 Å². The highest BCUT2D eigenvalue weighted by molar-refractivity contribution is 7.99. The zero-order chi connectivity index (χ0) is 20.3. The molecule has 3 heterocycles. The Hall–Kier alpha value is -3.09. The molecule has 2 aromatic carbocycles. The van der Waals surface area contributed by atoms with E-state index < -0.39 is 0 Å². The first kappa shape index (κ1) is 18.9. The van der Waals surface area contributed by atoms with E-state index in [1.165, 1.54) is 0 Å². The summed E-state index contributed by atoms with van der Waals surface area (Å²) >= 11 is 1.74. The van der Waals surface area contributed by atoms with E-state index in [1.54, 1.807) is 24.2 Å². The van der Waals surface area contributed by atoms with Crippen molar-refractivity contribution in [3.8, 4) is 5.75 Å². The van der Waals surface area contributed by atoms with Gasteiger partial charge in [-0.05, 0) is 35.4 Å². The number of ketones is 1. The zero-order valence-electron chi connectivity index (χ0n) is 16.2. The molecule has 0 radical (unpaired) electrons. The lowest BCUT2D eigenvalue weighted by Gasteiger charge is -2.12. The van der Waals surface area contributed by atoms with Crippen molar-refractivity contribution in [3.05, 3.63) is 95.9 Å². The van der Waals surface area contributed by atoms with Crippen molar-refractivity contribution in [1.29, 1.82) is 0 Å². The maximum Gasteiger partial charge on any atom is 0.182 e. The monoisotopic (exact) mass is 415 g/mol. The minimum absolute atomic E-state index is 0.0858. The minimum atomic E-state index is -0.229. The van der Waals surface area contributed by atoms with Gasteiger partial charge in [0.25, 0.3) is 0 Å². The van der Waals surface area contributed by atoms with Crippen LogP contribution in [0.3, 0.4) is 0 Å². The maximum atomic E-state index is 13.2. The molecular weight excluding hydrogens is 394 g/mol. The van der Waals surface area contributed by atoms with Crippen molar-refractivity contribution < 1.29 is 9.53 Å². The van der Waals surface area contributed by atoms with Gasteiger partial charge in [0.1, 0.15) is 12.4 Å². The average Bonchev–Trinajstić information content (AvgIpc) is 3.46. The first-order chi connectivity index (χ1) is 14.8. The Kier molecular flexibility index (Phi) is 5.26. The predicted molar refractivity (Wildman–Crippen MR) is 120 cm³/mol. The van der Waals surface area contributed by atoms with Crippen LogP contribution in [0.5, 0.6) is 5.75 Å². The van der Waals surface area contributed by atoms with Gasteiger partial charge >= 0.3 is 0 Å². The summed E-state index contributed by atoms with van der Waals surface area (Å²) in [7, 11) is 0. The van der Waals surface area contributed by atoms with Gasteiger partial charge in [0.15, 0.2) is 5.78 Å². The van der Waals surface area contributed by atoms with Crippen molar-refractivity contribution in [3.63, 3.8) is 0 Å². The van der Waals surface area contributed by atoms with Crippen LogP contribution in [0.4, 0.5) is 0 Å². The first-order valence-corrected chi connectivity index (χ1v) is 10.9. The van der Waals surface area contributed by atoms with Crippen LogP contribution in [0.1, 0.15) is 26.9 Å². The van der Waals surface area contributed by atoms with Crippen LogP contribution in [-0.4, -0.2) is 27.5 Å². The van der Waals surface area contributed by atoms with Crippen LogP contribution in [0.2, 0.25) is 0 Å². The number of nitrogens with zero attached hydrogens (tertiary/aromatic N) is 1. The lowest BCUT2D eigenvalue weighted by Crippen LogP contribution is -2.34. The molecular formula is C24H21N3O2S. The molecule has 2 aromatic heterocycles. The van der Waals surface area contributed by atoms with E-state index in [-0.39, 0.29) is 17.2 Å². The van der Waals surface area contributed by atoms with Crippen LogP contribution in [0, 0.1) is 0 Å². The number of nitrogens with one attached hydrogen (secondary N) is 2. The highest BCUT2D eigenvalue weighted by Gasteiger charge is 2.32. The van der Waals surface area contributed by atoms with Gasteiger partial charge < -0.3 is 9.72 Å². The fourth-order valence-electron chi connectivity index (χ4n) is 3.67.